The summed E-state index contributed by atoms with van der Waals surface area (Å²) in [6.07, 6.45) is 2.39. The van der Waals surface area contributed by atoms with Gasteiger partial charge in [-0.15, -0.1) is 0 Å². The molecule has 0 aromatic carbocycles. The van der Waals surface area contributed by atoms with E-state index in [2.05, 4.69) is 57.5 Å². The van der Waals surface area contributed by atoms with Crippen molar-refractivity contribution in [2.45, 2.75) is 26.7 Å². The van der Waals surface area contributed by atoms with Crippen LogP contribution in [0.1, 0.15) is 26.7 Å². The van der Waals surface area contributed by atoms with Crippen LogP contribution in [0.2, 0.25) is 0 Å². The Morgan fingerprint density at radius 1 is 0.800 bits per heavy atom. The first kappa shape index (κ1) is 22.9. The Labute approximate surface area is 183 Å². The first-order valence-electron chi connectivity index (χ1n) is 11.7. The molecule has 0 bridgehead atoms. The van der Waals surface area contributed by atoms with E-state index in [1.807, 2.05) is 0 Å². The molecule has 7 nitrogen and oxygen atoms in total. The summed E-state index contributed by atoms with van der Waals surface area (Å²) >= 11 is 0. The van der Waals surface area contributed by atoms with Crippen molar-refractivity contribution < 1.29 is 0 Å². The number of likely N-dealkylation sites (N-methyl/N-ethyl adjacent to an activating group) is 1. The highest BCUT2D eigenvalue weighted by molar-refractivity contribution is 5.40. The van der Waals surface area contributed by atoms with E-state index in [0.717, 1.165) is 103 Å². The van der Waals surface area contributed by atoms with E-state index in [9.17, 15) is 10.5 Å². The summed E-state index contributed by atoms with van der Waals surface area (Å²) in [4.78, 5) is 12.0. The van der Waals surface area contributed by atoms with E-state index in [1.54, 1.807) is 0 Å². The predicted molar refractivity (Wildman–Crippen MR) is 119 cm³/mol. The third-order valence-corrected chi connectivity index (χ3v) is 6.82. The maximum Gasteiger partial charge on any atom is 0.169 e. The van der Waals surface area contributed by atoms with Gasteiger partial charge in [0.25, 0.3) is 0 Å². The van der Waals surface area contributed by atoms with Crippen LogP contribution in [0.5, 0.6) is 0 Å². The zero-order valence-electron chi connectivity index (χ0n) is 19.2. The lowest BCUT2D eigenvalue weighted by molar-refractivity contribution is 0.130. The second kappa shape index (κ2) is 11.0. The number of hydrogen-bond acceptors (Lipinski definition) is 7. The normalized spacial score (nSPS) is 26.6. The zero-order valence-corrected chi connectivity index (χ0v) is 19.2. The van der Waals surface area contributed by atoms with E-state index >= 15 is 0 Å². The van der Waals surface area contributed by atoms with Crippen LogP contribution in [0.25, 0.3) is 0 Å². The molecule has 0 radical (unpaired) electrons. The summed E-state index contributed by atoms with van der Waals surface area (Å²) in [5, 5.41) is 19.1. The van der Waals surface area contributed by atoms with Crippen LogP contribution < -0.4 is 0 Å². The Hall–Kier alpha value is -1.80. The monoisotopic (exact) mass is 413 g/mol. The van der Waals surface area contributed by atoms with Crippen LogP contribution in [0, 0.1) is 34.5 Å². The molecule has 0 amide bonds. The minimum absolute atomic E-state index is 0.271. The molecule has 3 aliphatic heterocycles. The van der Waals surface area contributed by atoms with Gasteiger partial charge in [-0.1, -0.05) is 13.8 Å². The minimum atomic E-state index is 0.271. The van der Waals surface area contributed by atoms with Gasteiger partial charge in [0.05, 0.1) is 0 Å². The SMILES string of the molecule is CC1CC(C)CN(CCN2CCN(CCCN3CCN(C)CC3)C2=C(C#N)C#N)C1. The first-order chi connectivity index (χ1) is 14.5. The lowest BCUT2D eigenvalue weighted by Gasteiger charge is -2.36. The van der Waals surface area contributed by atoms with E-state index < -0.39 is 0 Å². The smallest absolute Gasteiger partial charge is 0.169 e. The number of rotatable bonds is 7. The predicted octanol–water partition coefficient (Wildman–Crippen LogP) is 1.48. The number of hydrogen-bond donors (Lipinski definition) is 0. The van der Waals surface area contributed by atoms with Crippen molar-refractivity contribution in [1.29, 1.82) is 10.5 Å². The van der Waals surface area contributed by atoms with E-state index in [0.29, 0.717) is 0 Å². The molecule has 0 spiro atoms. The highest BCUT2D eigenvalue weighted by atomic mass is 15.4. The third kappa shape index (κ3) is 6.11. The van der Waals surface area contributed by atoms with E-state index in [4.69, 9.17) is 0 Å². The Morgan fingerprint density at radius 2 is 1.40 bits per heavy atom. The molecule has 2 atom stereocenters. The fourth-order valence-electron chi connectivity index (χ4n) is 5.32. The molecule has 0 N–H and O–H groups in total. The van der Waals surface area contributed by atoms with Gasteiger partial charge in [0.1, 0.15) is 18.0 Å². The molecule has 3 heterocycles. The van der Waals surface area contributed by atoms with Crippen molar-refractivity contribution in [2.24, 2.45) is 11.8 Å². The van der Waals surface area contributed by atoms with Gasteiger partial charge in [-0.2, -0.15) is 10.5 Å². The first-order valence-corrected chi connectivity index (χ1v) is 11.7. The molecule has 166 valence electrons. The van der Waals surface area contributed by atoms with Gasteiger partial charge in [-0.05, 0) is 38.3 Å². The van der Waals surface area contributed by atoms with Gasteiger partial charge in [0, 0.05) is 72.0 Å². The number of nitriles is 2. The van der Waals surface area contributed by atoms with Gasteiger partial charge >= 0.3 is 0 Å². The van der Waals surface area contributed by atoms with Crippen molar-refractivity contribution in [3.05, 3.63) is 11.4 Å². The molecular formula is C23H39N7. The second-order valence-electron chi connectivity index (χ2n) is 9.60. The Balaban J connectivity index is 1.54. The van der Waals surface area contributed by atoms with Gasteiger partial charge in [0.15, 0.2) is 5.57 Å². The summed E-state index contributed by atoms with van der Waals surface area (Å²) in [6.45, 7) is 17.3. The average molecular weight is 414 g/mol. The van der Waals surface area contributed by atoms with Crippen LogP contribution in [-0.2, 0) is 0 Å². The molecule has 30 heavy (non-hydrogen) atoms. The summed E-state index contributed by atoms with van der Waals surface area (Å²) in [5.41, 5.74) is 0.271. The molecular weight excluding hydrogens is 374 g/mol. The van der Waals surface area contributed by atoms with Crippen LogP contribution >= 0.6 is 0 Å². The molecule has 0 aromatic rings. The maximum absolute atomic E-state index is 9.56. The van der Waals surface area contributed by atoms with Gasteiger partial charge < -0.3 is 24.5 Å². The summed E-state index contributed by atoms with van der Waals surface area (Å²) in [7, 11) is 2.18. The van der Waals surface area contributed by atoms with Gasteiger partial charge in [-0.25, -0.2) is 0 Å². The van der Waals surface area contributed by atoms with Crippen molar-refractivity contribution in [3.8, 4) is 12.1 Å². The fourth-order valence-corrected chi connectivity index (χ4v) is 5.32. The average Bonchev–Trinajstić information content (AvgIpc) is 3.11. The van der Waals surface area contributed by atoms with E-state index in [-0.39, 0.29) is 5.57 Å². The van der Waals surface area contributed by atoms with Crippen LogP contribution in [0.4, 0.5) is 0 Å². The molecule has 3 aliphatic rings. The Kier molecular flexibility index (Phi) is 8.39. The lowest BCUT2D eigenvalue weighted by Crippen LogP contribution is -2.45. The van der Waals surface area contributed by atoms with Crippen molar-refractivity contribution in [3.63, 3.8) is 0 Å². The van der Waals surface area contributed by atoms with Gasteiger partial charge in [0.2, 0.25) is 0 Å². The minimum Gasteiger partial charge on any atom is -0.355 e. The number of nitrogens with zero attached hydrogens (tertiary/aromatic N) is 7. The summed E-state index contributed by atoms with van der Waals surface area (Å²) < 4.78 is 0. The molecule has 0 aromatic heterocycles. The standard InChI is InChI=1S/C23H39N7/c1-20-15-21(2)19-28(18-20)11-12-30-14-13-29(23(30)22(16-24)17-25)6-4-5-27-9-7-26(3)8-10-27/h20-21H,4-15,18-19H2,1-3H3. The topological polar surface area (TPSA) is 63.8 Å². The fraction of sp³-hybridized carbons (Fsp3) is 0.826. The maximum atomic E-state index is 9.56. The second-order valence-corrected chi connectivity index (χ2v) is 9.60. The largest absolute Gasteiger partial charge is 0.355 e. The lowest BCUT2D eigenvalue weighted by atomic mass is 9.92. The highest BCUT2D eigenvalue weighted by Crippen LogP contribution is 2.24. The molecule has 2 unspecified atom stereocenters. The molecule has 0 aliphatic carbocycles. The van der Waals surface area contributed by atoms with Gasteiger partial charge in [-0.3, -0.25) is 0 Å². The molecule has 3 rings (SSSR count). The Bertz CT molecular complexity index is 642. The zero-order chi connectivity index (χ0) is 21.5. The molecule has 0 saturated carbocycles. The number of piperazine rings is 1. The van der Waals surface area contributed by atoms with Crippen molar-refractivity contribution >= 4 is 0 Å². The molecule has 3 fully saturated rings. The highest BCUT2D eigenvalue weighted by Gasteiger charge is 2.29. The van der Waals surface area contributed by atoms with Crippen LogP contribution in [-0.4, -0.2) is 110 Å². The third-order valence-electron chi connectivity index (χ3n) is 6.82. The number of piperidine rings is 1. The van der Waals surface area contributed by atoms with Crippen molar-refractivity contribution in [2.75, 3.05) is 85.6 Å². The van der Waals surface area contributed by atoms with Crippen LogP contribution in [0.15, 0.2) is 11.4 Å². The molecule has 3 saturated heterocycles. The van der Waals surface area contributed by atoms with Crippen LogP contribution in [0.3, 0.4) is 0 Å². The Morgan fingerprint density at radius 3 is 2.00 bits per heavy atom. The van der Waals surface area contributed by atoms with Crippen molar-refractivity contribution in [1.82, 2.24) is 24.5 Å². The number of likely N-dealkylation sites (tertiary alicyclic amines) is 1. The molecule has 7 heteroatoms. The summed E-state index contributed by atoms with van der Waals surface area (Å²) in [6, 6.07) is 4.31. The quantitative estimate of drug-likeness (QED) is 0.586. The van der Waals surface area contributed by atoms with E-state index in [1.165, 1.54) is 6.42 Å². The number of allylic oxidation sites excluding steroid dienone is 1. The summed E-state index contributed by atoms with van der Waals surface area (Å²) in [5.74, 6) is 2.38.